The summed E-state index contributed by atoms with van der Waals surface area (Å²) in [5.41, 5.74) is 2.39. The van der Waals surface area contributed by atoms with Crippen molar-refractivity contribution in [2.75, 3.05) is 0 Å². The molecular formula is C16H13NO4S. The van der Waals surface area contributed by atoms with Gasteiger partial charge in [0.25, 0.3) is 10.1 Å². The van der Waals surface area contributed by atoms with E-state index in [0.717, 1.165) is 16.5 Å². The molecule has 5 nitrogen and oxygen atoms in total. The molecule has 0 aliphatic heterocycles. The molecule has 0 amide bonds. The number of aryl methyl sites for hydroxylation is 1. The number of hydrogen-bond acceptors (Lipinski definition) is 4. The third-order valence-electron chi connectivity index (χ3n) is 2.94. The van der Waals surface area contributed by atoms with Crippen LogP contribution in [0.3, 0.4) is 0 Å². The van der Waals surface area contributed by atoms with Gasteiger partial charge in [0.1, 0.15) is 5.58 Å². The van der Waals surface area contributed by atoms with Gasteiger partial charge >= 0.3 is 0 Å². The van der Waals surface area contributed by atoms with E-state index in [0.29, 0.717) is 5.56 Å². The second-order valence-electron chi connectivity index (χ2n) is 4.54. The lowest BCUT2D eigenvalue weighted by atomic mass is 10.1. The van der Waals surface area contributed by atoms with Gasteiger partial charge in [0, 0.05) is 5.39 Å². The first kappa shape index (κ1) is 15.8. The molecule has 3 rings (SSSR count). The zero-order chi connectivity index (χ0) is 16.2. The first-order valence-electron chi connectivity index (χ1n) is 6.32. The fourth-order valence-electron chi connectivity index (χ4n) is 1.80. The van der Waals surface area contributed by atoms with E-state index < -0.39 is 10.1 Å². The van der Waals surface area contributed by atoms with Crippen LogP contribution in [0.2, 0.25) is 0 Å². The molecule has 0 aliphatic rings. The molecule has 0 spiro atoms. The molecule has 112 valence electrons. The lowest BCUT2D eigenvalue weighted by molar-refractivity contribution is 0.483. The van der Waals surface area contributed by atoms with Crippen LogP contribution >= 0.6 is 0 Å². The van der Waals surface area contributed by atoms with Crippen molar-refractivity contribution < 1.29 is 17.4 Å². The zero-order valence-electron chi connectivity index (χ0n) is 11.7. The van der Waals surface area contributed by atoms with Crippen LogP contribution in [0.25, 0.3) is 11.0 Å². The van der Waals surface area contributed by atoms with Gasteiger partial charge in [0.15, 0.2) is 0 Å². The molecular weight excluding hydrogens is 302 g/mol. The summed E-state index contributed by atoms with van der Waals surface area (Å²) < 4.78 is 34.7. The predicted molar refractivity (Wildman–Crippen MR) is 81.9 cm³/mol. The summed E-state index contributed by atoms with van der Waals surface area (Å²) >= 11 is 0. The molecule has 1 heterocycles. The van der Waals surface area contributed by atoms with Gasteiger partial charge in [-0.2, -0.15) is 13.7 Å². The van der Waals surface area contributed by atoms with Gasteiger partial charge in [0.05, 0.1) is 22.8 Å². The van der Waals surface area contributed by atoms with Crippen LogP contribution in [0.5, 0.6) is 0 Å². The Balaban J connectivity index is 0.000000160. The van der Waals surface area contributed by atoms with Crippen LogP contribution in [0.1, 0.15) is 11.1 Å². The largest absolute Gasteiger partial charge is 0.464 e. The third-order valence-corrected chi connectivity index (χ3v) is 3.80. The van der Waals surface area contributed by atoms with E-state index in [2.05, 4.69) is 6.07 Å². The number of rotatable bonds is 1. The van der Waals surface area contributed by atoms with E-state index in [1.165, 1.54) is 12.1 Å². The number of nitrogens with zero attached hydrogens (tertiary/aromatic N) is 1. The molecule has 22 heavy (non-hydrogen) atoms. The average molecular weight is 315 g/mol. The minimum atomic E-state index is -4.02. The van der Waals surface area contributed by atoms with Crippen LogP contribution < -0.4 is 0 Å². The monoisotopic (exact) mass is 315 g/mol. The smallest absolute Gasteiger partial charge is 0.294 e. The van der Waals surface area contributed by atoms with Gasteiger partial charge in [-0.15, -0.1) is 0 Å². The van der Waals surface area contributed by atoms with E-state index in [9.17, 15) is 8.42 Å². The van der Waals surface area contributed by atoms with Crippen LogP contribution in [0.4, 0.5) is 0 Å². The fourth-order valence-corrected chi connectivity index (χ4v) is 2.28. The predicted octanol–water partition coefficient (Wildman–Crippen LogP) is 3.55. The van der Waals surface area contributed by atoms with Crippen LogP contribution in [-0.2, 0) is 10.1 Å². The lowest BCUT2D eigenvalue weighted by Crippen LogP contribution is -1.96. The highest BCUT2D eigenvalue weighted by molar-refractivity contribution is 7.85. The normalized spacial score (nSPS) is 10.6. The maximum Gasteiger partial charge on any atom is 0.294 e. The van der Waals surface area contributed by atoms with Crippen molar-refractivity contribution >= 4 is 21.1 Å². The average Bonchev–Trinajstić information content (AvgIpc) is 2.95. The van der Waals surface area contributed by atoms with Gasteiger partial charge in [0.2, 0.25) is 0 Å². The van der Waals surface area contributed by atoms with Crippen molar-refractivity contribution in [3.63, 3.8) is 0 Å². The molecule has 0 fully saturated rings. The highest BCUT2D eigenvalue weighted by Gasteiger charge is 2.06. The van der Waals surface area contributed by atoms with Crippen molar-refractivity contribution in [2.45, 2.75) is 11.8 Å². The van der Waals surface area contributed by atoms with E-state index in [1.54, 1.807) is 30.5 Å². The fraction of sp³-hybridized carbons (Fsp3) is 0.0625. The molecule has 3 aromatic rings. The van der Waals surface area contributed by atoms with Gasteiger partial charge in [-0.25, -0.2) is 0 Å². The molecule has 0 saturated carbocycles. The lowest BCUT2D eigenvalue weighted by Gasteiger charge is -1.95. The molecule has 6 heteroatoms. The quantitative estimate of drug-likeness (QED) is 0.693. The Kier molecular flexibility index (Phi) is 4.61. The Hall–Kier alpha value is -2.62. The number of furan rings is 1. The van der Waals surface area contributed by atoms with Crippen LogP contribution in [0, 0.1) is 18.3 Å². The first-order valence-corrected chi connectivity index (χ1v) is 7.76. The number of hydrogen-bond donors (Lipinski definition) is 1. The van der Waals surface area contributed by atoms with Gasteiger partial charge in [-0.3, -0.25) is 4.55 Å². The summed E-state index contributed by atoms with van der Waals surface area (Å²) in [5, 5.41) is 9.55. The Morgan fingerprint density at radius 3 is 2.36 bits per heavy atom. The molecule has 2 aromatic carbocycles. The van der Waals surface area contributed by atoms with Crippen molar-refractivity contribution in [1.82, 2.24) is 0 Å². The zero-order valence-corrected chi connectivity index (χ0v) is 12.5. The number of fused-ring (bicyclic) bond motifs is 1. The van der Waals surface area contributed by atoms with Crippen LogP contribution in [0.15, 0.2) is 64.1 Å². The number of benzene rings is 2. The SMILES string of the molecule is Cc1ccc(S(=O)(=O)O)cc1.N#Cc1cccc2occc12. The highest BCUT2D eigenvalue weighted by Crippen LogP contribution is 2.18. The van der Waals surface area contributed by atoms with Crippen molar-refractivity contribution in [1.29, 1.82) is 5.26 Å². The van der Waals surface area contributed by atoms with E-state index >= 15 is 0 Å². The summed E-state index contributed by atoms with van der Waals surface area (Å²) in [7, 11) is -4.02. The number of nitriles is 1. The third kappa shape index (κ3) is 3.73. The molecule has 1 aromatic heterocycles. The molecule has 0 atom stereocenters. The van der Waals surface area contributed by atoms with E-state index in [1.807, 2.05) is 19.1 Å². The second kappa shape index (κ2) is 6.43. The molecule has 0 bridgehead atoms. The Morgan fingerprint density at radius 2 is 1.77 bits per heavy atom. The van der Waals surface area contributed by atoms with Crippen molar-refractivity contribution in [3.05, 3.63) is 65.9 Å². The molecule has 1 N–H and O–H groups in total. The summed E-state index contributed by atoms with van der Waals surface area (Å²) in [5.74, 6) is 0. The van der Waals surface area contributed by atoms with Gasteiger partial charge in [-0.1, -0.05) is 23.8 Å². The Bertz CT molecular complexity index is 919. The minimum Gasteiger partial charge on any atom is -0.464 e. The maximum absolute atomic E-state index is 10.5. The van der Waals surface area contributed by atoms with Crippen molar-refractivity contribution in [3.8, 4) is 6.07 Å². The van der Waals surface area contributed by atoms with E-state index in [4.69, 9.17) is 14.2 Å². The molecule has 0 aliphatic carbocycles. The summed E-state index contributed by atoms with van der Waals surface area (Å²) in [6, 6.07) is 15.3. The summed E-state index contributed by atoms with van der Waals surface area (Å²) in [4.78, 5) is -0.0666. The Labute approximate surface area is 128 Å². The molecule has 0 unspecified atom stereocenters. The second-order valence-corrected chi connectivity index (χ2v) is 5.96. The summed E-state index contributed by atoms with van der Waals surface area (Å²) in [6.07, 6.45) is 1.59. The molecule has 0 saturated heterocycles. The Morgan fingerprint density at radius 1 is 1.09 bits per heavy atom. The van der Waals surface area contributed by atoms with Gasteiger partial charge < -0.3 is 4.42 Å². The minimum absolute atomic E-state index is 0.0666. The van der Waals surface area contributed by atoms with E-state index in [-0.39, 0.29) is 4.90 Å². The van der Waals surface area contributed by atoms with Crippen molar-refractivity contribution in [2.24, 2.45) is 0 Å². The van der Waals surface area contributed by atoms with Crippen LogP contribution in [-0.4, -0.2) is 13.0 Å². The highest BCUT2D eigenvalue weighted by atomic mass is 32.2. The topological polar surface area (TPSA) is 91.3 Å². The standard InChI is InChI=1S/C9H5NO.C7H8O3S/c10-6-7-2-1-3-9-8(7)4-5-11-9;1-6-2-4-7(5-3-6)11(8,9)10/h1-5H;2-5H,1H3,(H,8,9,10). The molecule has 0 radical (unpaired) electrons. The van der Waals surface area contributed by atoms with Gasteiger partial charge in [-0.05, 0) is 37.3 Å². The first-order chi connectivity index (χ1) is 10.4. The maximum atomic E-state index is 10.5. The summed E-state index contributed by atoms with van der Waals surface area (Å²) in [6.45, 7) is 1.84.